The molecule has 1 aliphatic rings. The molecule has 2 rings (SSSR count). The average molecular weight is 290 g/mol. The topological polar surface area (TPSA) is 35.5 Å². The Morgan fingerprint density at radius 1 is 1.29 bits per heavy atom. The van der Waals surface area contributed by atoms with Crippen molar-refractivity contribution in [2.75, 3.05) is 19.6 Å². The first kappa shape index (κ1) is 16.3. The molecule has 118 valence electrons. The predicted octanol–water partition coefficient (Wildman–Crippen LogP) is 3.55. The van der Waals surface area contributed by atoms with Crippen molar-refractivity contribution in [2.24, 2.45) is 5.92 Å². The van der Waals surface area contributed by atoms with Gasteiger partial charge in [-0.25, -0.2) is 0 Å². The summed E-state index contributed by atoms with van der Waals surface area (Å²) in [7, 11) is 0. The van der Waals surface area contributed by atoms with Gasteiger partial charge in [0.2, 0.25) is 0 Å². The SMILES string of the molecule is CCC(c1ccc(O)cc1)N1CCCC(CNC(C)C)C1. The number of phenolic OH excluding ortho intramolecular Hbond substituents is 1. The maximum Gasteiger partial charge on any atom is 0.115 e. The number of hydrogen-bond donors (Lipinski definition) is 2. The molecule has 0 radical (unpaired) electrons. The van der Waals surface area contributed by atoms with Crippen molar-refractivity contribution in [2.45, 2.75) is 52.1 Å². The number of nitrogens with zero attached hydrogens (tertiary/aromatic N) is 1. The first-order chi connectivity index (χ1) is 10.1. The van der Waals surface area contributed by atoms with Gasteiger partial charge in [0.1, 0.15) is 5.75 Å². The number of aromatic hydroxyl groups is 1. The quantitative estimate of drug-likeness (QED) is 0.841. The monoisotopic (exact) mass is 290 g/mol. The molecular weight excluding hydrogens is 260 g/mol. The summed E-state index contributed by atoms with van der Waals surface area (Å²) < 4.78 is 0. The highest BCUT2D eigenvalue weighted by atomic mass is 16.3. The number of piperidine rings is 1. The van der Waals surface area contributed by atoms with Crippen LogP contribution >= 0.6 is 0 Å². The molecule has 0 amide bonds. The van der Waals surface area contributed by atoms with Crippen LogP contribution in [0.3, 0.4) is 0 Å². The number of rotatable bonds is 6. The molecule has 3 heteroatoms. The van der Waals surface area contributed by atoms with Gasteiger partial charge in [-0.3, -0.25) is 4.90 Å². The second-order valence-electron chi connectivity index (χ2n) is 6.58. The fourth-order valence-electron chi connectivity index (χ4n) is 3.35. The Labute approximate surface area is 129 Å². The van der Waals surface area contributed by atoms with Crippen molar-refractivity contribution in [3.05, 3.63) is 29.8 Å². The lowest BCUT2D eigenvalue weighted by Crippen LogP contribution is -2.42. The van der Waals surface area contributed by atoms with Gasteiger partial charge in [-0.15, -0.1) is 0 Å². The molecule has 1 fully saturated rings. The molecule has 2 atom stereocenters. The standard InChI is InChI=1S/C18H30N2O/c1-4-18(16-7-9-17(21)10-8-16)20-11-5-6-15(13-20)12-19-14(2)3/h7-10,14-15,18-19,21H,4-6,11-13H2,1-3H3. The fraction of sp³-hybridized carbons (Fsp3) is 0.667. The third-order valence-electron chi connectivity index (χ3n) is 4.47. The highest BCUT2D eigenvalue weighted by molar-refractivity contribution is 5.28. The zero-order chi connectivity index (χ0) is 15.2. The lowest BCUT2D eigenvalue weighted by molar-refractivity contribution is 0.118. The number of likely N-dealkylation sites (tertiary alicyclic amines) is 1. The van der Waals surface area contributed by atoms with Gasteiger partial charge in [0.25, 0.3) is 0 Å². The molecule has 0 aliphatic carbocycles. The molecule has 1 saturated heterocycles. The highest BCUT2D eigenvalue weighted by Crippen LogP contribution is 2.30. The molecule has 2 N–H and O–H groups in total. The Kier molecular flexibility index (Phi) is 6.07. The summed E-state index contributed by atoms with van der Waals surface area (Å²) >= 11 is 0. The molecule has 0 saturated carbocycles. The van der Waals surface area contributed by atoms with Gasteiger partial charge in [-0.1, -0.05) is 32.9 Å². The van der Waals surface area contributed by atoms with E-state index in [-0.39, 0.29) is 0 Å². The Morgan fingerprint density at radius 2 is 2.00 bits per heavy atom. The second-order valence-corrected chi connectivity index (χ2v) is 6.58. The zero-order valence-corrected chi connectivity index (χ0v) is 13.7. The van der Waals surface area contributed by atoms with Crippen molar-refractivity contribution in [1.29, 1.82) is 0 Å². The van der Waals surface area contributed by atoms with E-state index in [1.807, 2.05) is 0 Å². The van der Waals surface area contributed by atoms with Crippen molar-refractivity contribution in [3.63, 3.8) is 0 Å². The van der Waals surface area contributed by atoms with Gasteiger partial charge in [-0.05, 0) is 56.0 Å². The van der Waals surface area contributed by atoms with Crippen LogP contribution in [0.25, 0.3) is 0 Å². The number of nitrogens with one attached hydrogen (secondary N) is 1. The summed E-state index contributed by atoms with van der Waals surface area (Å²) in [4.78, 5) is 2.63. The van der Waals surface area contributed by atoms with Crippen LogP contribution in [0.5, 0.6) is 5.75 Å². The molecule has 3 nitrogen and oxygen atoms in total. The summed E-state index contributed by atoms with van der Waals surface area (Å²) in [5.74, 6) is 1.11. The van der Waals surface area contributed by atoms with E-state index in [2.05, 4.69) is 43.1 Å². The summed E-state index contributed by atoms with van der Waals surface area (Å²) in [6.45, 7) is 10.2. The molecule has 1 aromatic rings. The molecule has 1 heterocycles. The third-order valence-corrected chi connectivity index (χ3v) is 4.47. The lowest BCUT2D eigenvalue weighted by Gasteiger charge is -2.38. The summed E-state index contributed by atoms with van der Waals surface area (Å²) in [5.41, 5.74) is 1.33. The lowest BCUT2D eigenvalue weighted by atomic mass is 9.93. The second kappa shape index (κ2) is 7.81. The fourth-order valence-corrected chi connectivity index (χ4v) is 3.35. The van der Waals surface area contributed by atoms with E-state index in [4.69, 9.17) is 0 Å². The Hall–Kier alpha value is -1.06. The zero-order valence-electron chi connectivity index (χ0n) is 13.7. The Morgan fingerprint density at radius 3 is 2.62 bits per heavy atom. The first-order valence-corrected chi connectivity index (χ1v) is 8.36. The van der Waals surface area contributed by atoms with Crippen molar-refractivity contribution in [1.82, 2.24) is 10.2 Å². The Bertz CT molecular complexity index is 416. The molecule has 21 heavy (non-hydrogen) atoms. The molecule has 0 spiro atoms. The molecule has 1 aromatic carbocycles. The minimum absolute atomic E-state index is 0.353. The highest BCUT2D eigenvalue weighted by Gasteiger charge is 2.25. The largest absolute Gasteiger partial charge is 0.508 e. The van der Waals surface area contributed by atoms with Crippen LogP contribution < -0.4 is 5.32 Å². The summed E-state index contributed by atoms with van der Waals surface area (Å²) in [6, 6.07) is 8.80. The number of hydrogen-bond acceptors (Lipinski definition) is 3. The predicted molar refractivity (Wildman–Crippen MR) is 88.6 cm³/mol. The smallest absolute Gasteiger partial charge is 0.115 e. The van der Waals surface area contributed by atoms with Crippen molar-refractivity contribution in [3.8, 4) is 5.75 Å². The minimum atomic E-state index is 0.353. The van der Waals surface area contributed by atoms with Crippen LogP contribution in [0, 0.1) is 5.92 Å². The third kappa shape index (κ3) is 4.72. The first-order valence-electron chi connectivity index (χ1n) is 8.36. The van der Waals surface area contributed by atoms with Crippen LogP contribution in [0.15, 0.2) is 24.3 Å². The van der Waals surface area contributed by atoms with Gasteiger partial charge < -0.3 is 10.4 Å². The van der Waals surface area contributed by atoms with Crippen LogP contribution in [-0.4, -0.2) is 35.7 Å². The van der Waals surface area contributed by atoms with Gasteiger partial charge in [0, 0.05) is 18.6 Å². The maximum atomic E-state index is 9.46. The molecule has 0 bridgehead atoms. The maximum absolute atomic E-state index is 9.46. The summed E-state index contributed by atoms with van der Waals surface area (Å²) in [6.07, 6.45) is 3.75. The van der Waals surface area contributed by atoms with Gasteiger partial charge in [0.05, 0.1) is 0 Å². The molecular formula is C18H30N2O. The van der Waals surface area contributed by atoms with E-state index in [1.54, 1.807) is 12.1 Å². The van der Waals surface area contributed by atoms with E-state index in [0.717, 1.165) is 18.9 Å². The van der Waals surface area contributed by atoms with E-state index in [9.17, 15) is 5.11 Å². The summed E-state index contributed by atoms with van der Waals surface area (Å²) in [5, 5.41) is 13.0. The molecule has 1 aliphatic heterocycles. The van der Waals surface area contributed by atoms with E-state index in [1.165, 1.54) is 31.5 Å². The van der Waals surface area contributed by atoms with Crippen LogP contribution in [0.2, 0.25) is 0 Å². The Balaban J connectivity index is 1.99. The van der Waals surface area contributed by atoms with Crippen LogP contribution in [0.1, 0.15) is 51.6 Å². The molecule has 0 aromatic heterocycles. The number of phenols is 1. The van der Waals surface area contributed by atoms with Gasteiger partial charge >= 0.3 is 0 Å². The number of benzene rings is 1. The van der Waals surface area contributed by atoms with Crippen LogP contribution in [0.4, 0.5) is 0 Å². The van der Waals surface area contributed by atoms with Crippen molar-refractivity contribution < 1.29 is 5.11 Å². The van der Waals surface area contributed by atoms with E-state index in [0.29, 0.717) is 17.8 Å². The minimum Gasteiger partial charge on any atom is -0.508 e. The normalized spacial score (nSPS) is 21.6. The van der Waals surface area contributed by atoms with Gasteiger partial charge in [0.15, 0.2) is 0 Å². The van der Waals surface area contributed by atoms with Gasteiger partial charge in [-0.2, -0.15) is 0 Å². The average Bonchev–Trinajstić information content (AvgIpc) is 2.48. The van der Waals surface area contributed by atoms with Crippen LogP contribution in [-0.2, 0) is 0 Å². The van der Waals surface area contributed by atoms with E-state index >= 15 is 0 Å². The van der Waals surface area contributed by atoms with E-state index < -0.39 is 0 Å². The van der Waals surface area contributed by atoms with Crippen molar-refractivity contribution >= 4 is 0 Å². The molecule has 2 unspecified atom stereocenters.